The van der Waals surface area contributed by atoms with Crippen LogP contribution in [0.15, 0.2) is 72.8 Å². The molecular weight excluding hydrogens is 905 g/mol. The molecule has 6 amide bonds. The number of nitrogens with one attached hydrogen (secondary N) is 2. The number of imide groups is 2. The summed E-state index contributed by atoms with van der Waals surface area (Å²) < 4.78 is 10.8. The first-order valence-corrected chi connectivity index (χ1v) is 28.3. The van der Waals surface area contributed by atoms with Gasteiger partial charge in [-0.1, -0.05) is 218 Å². The highest BCUT2D eigenvalue weighted by atomic mass is 16.6. The summed E-state index contributed by atoms with van der Waals surface area (Å²) in [5.74, 6) is 0.209. The highest BCUT2D eigenvalue weighted by molar-refractivity contribution is 6.28. The summed E-state index contributed by atoms with van der Waals surface area (Å²) in [6, 6.07) is 13.8. The normalized spacial score (nSPS) is 14.1. The SMILES string of the molecule is CCCCCCCCC(CCCCCCCCCNC(=O)OCc1ccc(N2C(=O)C=CC2=O)cc1)C(CCCCCCCC)CCCCCCCCCNC(=O)OCc1cccc(N2C(=O)C=CC2=O)c1. The zero-order valence-corrected chi connectivity index (χ0v) is 44.3. The van der Waals surface area contributed by atoms with Crippen molar-refractivity contribution in [2.24, 2.45) is 11.8 Å². The molecule has 0 saturated carbocycles. The van der Waals surface area contributed by atoms with Crippen molar-refractivity contribution in [1.82, 2.24) is 10.6 Å². The van der Waals surface area contributed by atoms with Gasteiger partial charge in [0.25, 0.3) is 23.6 Å². The molecule has 2 unspecified atom stereocenters. The molecule has 2 aromatic carbocycles. The van der Waals surface area contributed by atoms with Gasteiger partial charge < -0.3 is 20.1 Å². The van der Waals surface area contributed by atoms with Crippen LogP contribution in [0.1, 0.15) is 218 Å². The fourth-order valence-corrected chi connectivity index (χ4v) is 10.1. The highest BCUT2D eigenvalue weighted by Crippen LogP contribution is 2.34. The van der Waals surface area contributed by atoms with E-state index in [4.69, 9.17) is 9.47 Å². The Labute approximate surface area is 432 Å². The minimum absolute atomic E-state index is 0.0611. The number of rotatable bonds is 41. The topological polar surface area (TPSA) is 151 Å². The summed E-state index contributed by atoms with van der Waals surface area (Å²) in [5.41, 5.74) is 2.45. The molecule has 0 spiro atoms. The van der Waals surface area contributed by atoms with E-state index in [0.717, 1.165) is 52.9 Å². The van der Waals surface area contributed by atoms with E-state index in [1.54, 1.807) is 48.5 Å². The van der Waals surface area contributed by atoms with Gasteiger partial charge in [-0.25, -0.2) is 19.4 Å². The second-order valence-electron chi connectivity index (χ2n) is 20.2. The number of benzene rings is 2. The van der Waals surface area contributed by atoms with E-state index >= 15 is 0 Å². The van der Waals surface area contributed by atoms with E-state index in [1.807, 2.05) is 0 Å². The first-order chi connectivity index (χ1) is 35.2. The molecule has 2 heterocycles. The van der Waals surface area contributed by atoms with E-state index < -0.39 is 12.2 Å². The fourth-order valence-electron chi connectivity index (χ4n) is 10.1. The van der Waals surface area contributed by atoms with Gasteiger partial charge in [0.05, 0.1) is 11.4 Å². The third-order valence-electron chi connectivity index (χ3n) is 14.3. The van der Waals surface area contributed by atoms with E-state index in [-0.39, 0.29) is 36.8 Å². The lowest BCUT2D eigenvalue weighted by Gasteiger charge is -2.28. The smallest absolute Gasteiger partial charge is 0.407 e. The van der Waals surface area contributed by atoms with Crippen molar-refractivity contribution in [3.8, 4) is 0 Å². The second-order valence-corrected chi connectivity index (χ2v) is 20.2. The second kappa shape index (κ2) is 36.6. The van der Waals surface area contributed by atoms with Gasteiger partial charge in [0.1, 0.15) is 13.2 Å². The van der Waals surface area contributed by atoms with Gasteiger partial charge in [0.2, 0.25) is 0 Å². The fraction of sp³-hybridized carbons (Fsp3) is 0.633. The molecule has 4 rings (SSSR count). The van der Waals surface area contributed by atoms with Crippen LogP contribution in [0.4, 0.5) is 21.0 Å². The molecule has 0 aromatic heterocycles. The van der Waals surface area contributed by atoms with Gasteiger partial charge in [0.15, 0.2) is 0 Å². The van der Waals surface area contributed by atoms with E-state index in [9.17, 15) is 28.8 Å². The molecule has 2 N–H and O–H groups in total. The molecule has 2 aliphatic heterocycles. The number of ether oxygens (including phenoxy) is 2. The molecule has 2 aromatic rings. The van der Waals surface area contributed by atoms with Crippen molar-refractivity contribution < 1.29 is 38.2 Å². The van der Waals surface area contributed by atoms with Crippen molar-refractivity contribution in [3.63, 3.8) is 0 Å². The van der Waals surface area contributed by atoms with Gasteiger partial charge in [-0.05, 0) is 60.1 Å². The van der Waals surface area contributed by atoms with Crippen LogP contribution in [0, 0.1) is 11.8 Å². The van der Waals surface area contributed by atoms with Gasteiger partial charge in [-0.15, -0.1) is 0 Å². The Hall–Kier alpha value is -5.26. The summed E-state index contributed by atoms with van der Waals surface area (Å²) in [4.78, 5) is 74.8. The molecule has 398 valence electrons. The van der Waals surface area contributed by atoms with Crippen molar-refractivity contribution in [2.75, 3.05) is 22.9 Å². The Morgan fingerprint density at radius 1 is 0.417 bits per heavy atom. The number of amides is 6. The predicted molar refractivity (Wildman–Crippen MR) is 289 cm³/mol. The largest absolute Gasteiger partial charge is 0.445 e. The molecule has 2 aliphatic rings. The minimum atomic E-state index is -0.461. The third kappa shape index (κ3) is 24.0. The number of hydrogen-bond donors (Lipinski definition) is 2. The van der Waals surface area contributed by atoms with Crippen LogP contribution in [0.25, 0.3) is 0 Å². The van der Waals surface area contributed by atoms with Crippen LogP contribution in [0.5, 0.6) is 0 Å². The van der Waals surface area contributed by atoms with Crippen LogP contribution in [0.3, 0.4) is 0 Å². The number of carbonyl (C=O) groups is 6. The maximum absolute atomic E-state index is 12.4. The number of carbonyl (C=O) groups excluding carboxylic acids is 6. The Balaban J connectivity index is 1.08. The van der Waals surface area contributed by atoms with E-state index in [2.05, 4.69) is 24.5 Å². The molecular formula is C60H90N4O8. The van der Waals surface area contributed by atoms with Gasteiger partial charge in [-0.3, -0.25) is 19.2 Å². The van der Waals surface area contributed by atoms with Crippen molar-refractivity contribution in [1.29, 1.82) is 0 Å². The summed E-state index contributed by atoms with van der Waals surface area (Å²) in [6.07, 6.45) is 42.6. The lowest BCUT2D eigenvalue weighted by atomic mass is 9.78. The first-order valence-electron chi connectivity index (χ1n) is 28.3. The average Bonchev–Trinajstić information content (AvgIpc) is 3.91. The Kier molecular flexibility index (Phi) is 30.2. The average molecular weight is 995 g/mol. The monoisotopic (exact) mass is 995 g/mol. The summed E-state index contributed by atoms with van der Waals surface area (Å²) in [5, 5.41) is 5.73. The number of unbranched alkanes of at least 4 members (excludes halogenated alkanes) is 22. The lowest BCUT2D eigenvalue weighted by Crippen LogP contribution is -2.29. The van der Waals surface area contributed by atoms with Crippen molar-refractivity contribution >= 4 is 47.2 Å². The maximum atomic E-state index is 12.4. The zero-order valence-electron chi connectivity index (χ0n) is 44.3. The molecule has 0 bridgehead atoms. The number of nitrogens with zero attached hydrogens (tertiary/aromatic N) is 2. The first kappa shape index (κ1) is 59.3. The van der Waals surface area contributed by atoms with Gasteiger partial charge in [0, 0.05) is 37.4 Å². The molecule has 0 aliphatic carbocycles. The number of anilines is 2. The Bertz CT molecular complexity index is 1930. The Morgan fingerprint density at radius 2 is 0.764 bits per heavy atom. The minimum Gasteiger partial charge on any atom is -0.445 e. The van der Waals surface area contributed by atoms with Crippen LogP contribution < -0.4 is 20.4 Å². The summed E-state index contributed by atoms with van der Waals surface area (Å²) in [7, 11) is 0. The maximum Gasteiger partial charge on any atom is 0.407 e. The van der Waals surface area contributed by atoms with Crippen molar-refractivity contribution in [2.45, 2.75) is 220 Å². The lowest BCUT2D eigenvalue weighted by molar-refractivity contribution is -0.121. The van der Waals surface area contributed by atoms with E-state index in [0.29, 0.717) is 30.0 Å². The van der Waals surface area contributed by atoms with Crippen LogP contribution in [0.2, 0.25) is 0 Å². The summed E-state index contributed by atoms with van der Waals surface area (Å²) in [6.45, 7) is 5.95. The summed E-state index contributed by atoms with van der Waals surface area (Å²) >= 11 is 0. The van der Waals surface area contributed by atoms with Crippen LogP contribution in [-0.2, 0) is 41.9 Å². The van der Waals surface area contributed by atoms with Crippen LogP contribution in [-0.4, -0.2) is 48.9 Å². The predicted octanol–water partition coefficient (Wildman–Crippen LogP) is 14.7. The van der Waals surface area contributed by atoms with E-state index in [1.165, 1.54) is 191 Å². The van der Waals surface area contributed by atoms with Gasteiger partial charge >= 0.3 is 12.2 Å². The molecule has 2 atom stereocenters. The third-order valence-corrected chi connectivity index (χ3v) is 14.3. The molecule has 72 heavy (non-hydrogen) atoms. The van der Waals surface area contributed by atoms with Crippen LogP contribution >= 0.6 is 0 Å². The Morgan fingerprint density at radius 3 is 1.17 bits per heavy atom. The molecule has 0 saturated heterocycles. The molecule has 12 nitrogen and oxygen atoms in total. The standard InChI is InChI=1S/C60H90N4O8/c1-3-5-7-9-17-23-31-51(33-25-19-13-11-15-21-27-44-61-59(69)71-47-49-36-38-53(39-37-49)63-55(65)40-41-56(63)66)52(32-24-18-10-8-6-4-2)34-26-20-14-12-16-22-28-45-62-60(70)72-48-50-30-29-35-54(46-50)64-57(67)42-43-58(64)68/h29-30,35-43,46,51-52H,3-28,31-34,44-45,47-48H2,1-2H3,(H,61,69)(H,62,70). The molecule has 0 fully saturated rings. The highest BCUT2D eigenvalue weighted by Gasteiger charge is 2.26. The number of alkyl carbamates (subject to hydrolysis) is 2. The quantitative estimate of drug-likeness (QED) is 0.0493. The zero-order chi connectivity index (χ0) is 51.4. The molecule has 0 radical (unpaired) electrons. The molecule has 12 heteroatoms. The number of hydrogen-bond acceptors (Lipinski definition) is 8. The van der Waals surface area contributed by atoms with Gasteiger partial charge in [-0.2, -0.15) is 0 Å². The van der Waals surface area contributed by atoms with Crippen molar-refractivity contribution in [3.05, 3.63) is 84.0 Å².